The molecule has 1 aliphatic carbocycles. The predicted molar refractivity (Wildman–Crippen MR) is 33.1 cm³/mol. The van der Waals surface area contributed by atoms with Gasteiger partial charge in [0.2, 0.25) is 0 Å². The minimum atomic E-state index is -0.177. The van der Waals surface area contributed by atoms with Gasteiger partial charge in [-0.2, -0.15) is 0 Å². The van der Waals surface area contributed by atoms with Gasteiger partial charge in [-0.15, -0.1) is 0 Å². The zero-order valence-electron chi connectivity index (χ0n) is 5.63. The first-order valence-corrected chi connectivity index (χ1v) is 3.58. The van der Waals surface area contributed by atoms with Crippen molar-refractivity contribution in [2.75, 3.05) is 0 Å². The summed E-state index contributed by atoms with van der Waals surface area (Å²) in [5.41, 5.74) is 0.0671. The summed E-state index contributed by atoms with van der Waals surface area (Å²) in [6, 6.07) is 0. The van der Waals surface area contributed by atoms with Gasteiger partial charge in [-0.1, -0.05) is 0 Å². The summed E-state index contributed by atoms with van der Waals surface area (Å²) < 4.78 is 5.33. The van der Waals surface area contributed by atoms with Crippen molar-refractivity contribution in [3.63, 3.8) is 0 Å². The van der Waals surface area contributed by atoms with E-state index < -0.39 is 0 Å². The Labute approximate surface area is 54.8 Å². The van der Waals surface area contributed by atoms with Crippen molar-refractivity contribution in [2.45, 2.75) is 44.0 Å². The summed E-state index contributed by atoms with van der Waals surface area (Å²) in [4.78, 5) is 0. The lowest BCUT2D eigenvalue weighted by atomic mass is 9.89. The number of fused-ring (bicyclic) bond motifs is 1. The van der Waals surface area contributed by atoms with Crippen LogP contribution in [0.15, 0.2) is 0 Å². The average molecular weight is 128 g/mol. The van der Waals surface area contributed by atoms with Gasteiger partial charge in [-0.3, -0.25) is 0 Å². The van der Waals surface area contributed by atoms with Gasteiger partial charge in [0, 0.05) is 0 Å². The molecule has 2 fully saturated rings. The second kappa shape index (κ2) is 1.50. The zero-order chi connectivity index (χ0) is 6.48. The van der Waals surface area contributed by atoms with E-state index in [1.165, 1.54) is 0 Å². The fourth-order valence-corrected chi connectivity index (χ4v) is 1.76. The standard InChI is InChI=1S/C7H12O2/c1-7-4-2-3-5(8)6(7)9-7/h5-6,8H,2-4H2,1H3/t5-,6-,7+/m1/s1. The summed E-state index contributed by atoms with van der Waals surface area (Å²) in [7, 11) is 0. The van der Waals surface area contributed by atoms with Gasteiger partial charge >= 0.3 is 0 Å². The second-order valence-electron chi connectivity index (χ2n) is 3.31. The minimum Gasteiger partial charge on any atom is -0.390 e. The summed E-state index contributed by atoms with van der Waals surface area (Å²) in [6.45, 7) is 2.08. The molecule has 52 valence electrons. The predicted octanol–water partition coefficient (Wildman–Crippen LogP) is 0.689. The molecule has 2 rings (SSSR count). The highest BCUT2D eigenvalue weighted by molar-refractivity contribution is 5.05. The number of hydrogen-bond acceptors (Lipinski definition) is 2. The van der Waals surface area contributed by atoms with Crippen LogP contribution in [-0.2, 0) is 4.74 Å². The van der Waals surface area contributed by atoms with E-state index in [2.05, 4.69) is 6.92 Å². The van der Waals surface area contributed by atoms with Gasteiger partial charge in [0.1, 0.15) is 6.10 Å². The van der Waals surface area contributed by atoms with Crippen molar-refractivity contribution in [1.82, 2.24) is 0 Å². The van der Waals surface area contributed by atoms with E-state index in [1.807, 2.05) is 0 Å². The number of aliphatic hydroxyl groups excluding tert-OH is 1. The Bertz CT molecular complexity index is 135. The van der Waals surface area contributed by atoms with E-state index in [0.717, 1.165) is 19.3 Å². The van der Waals surface area contributed by atoms with Crippen LogP contribution in [0.25, 0.3) is 0 Å². The summed E-state index contributed by atoms with van der Waals surface area (Å²) >= 11 is 0. The smallest absolute Gasteiger partial charge is 0.113 e. The van der Waals surface area contributed by atoms with Crippen LogP contribution in [0.5, 0.6) is 0 Å². The molecule has 0 radical (unpaired) electrons. The van der Waals surface area contributed by atoms with E-state index in [4.69, 9.17) is 4.74 Å². The minimum absolute atomic E-state index is 0.0671. The van der Waals surface area contributed by atoms with E-state index in [0.29, 0.717) is 0 Å². The SMILES string of the molecule is C[C@]12CCC[C@@H](O)[C@H]1O2. The number of rotatable bonds is 0. The first-order chi connectivity index (χ1) is 4.22. The molecular formula is C7H12O2. The first kappa shape index (κ1) is 5.69. The number of ether oxygens (including phenoxy) is 1. The molecule has 0 bridgehead atoms. The Balaban J connectivity index is 2.07. The largest absolute Gasteiger partial charge is 0.390 e. The van der Waals surface area contributed by atoms with Crippen LogP contribution in [0.3, 0.4) is 0 Å². The van der Waals surface area contributed by atoms with Gasteiger partial charge in [-0.25, -0.2) is 0 Å². The molecule has 9 heavy (non-hydrogen) atoms. The fraction of sp³-hybridized carbons (Fsp3) is 1.00. The lowest BCUT2D eigenvalue weighted by molar-refractivity contribution is 0.123. The Morgan fingerprint density at radius 2 is 2.44 bits per heavy atom. The maximum atomic E-state index is 9.26. The Morgan fingerprint density at radius 1 is 1.67 bits per heavy atom. The fourth-order valence-electron chi connectivity index (χ4n) is 1.76. The third-order valence-corrected chi connectivity index (χ3v) is 2.46. The van der Waals surface area contributed by atoms with E-state index in [9.17, 15) is 5.11 Å². The van der Waals surface area contributed by atoms with Gasteiger partial charge in [0.15, 0.2) is 0 Å². The third-order valence-electron chi connectivity index (χ3n) is 2.46. The quantitative estimate of drug-likeness (QED) is 0.487. The Hall–Kier alpha value is -0.0800. The monoisotopic (exact) mass is 128 g/mol. The molecule has 3 atom stereocenters. The first-order valence-electron chi connectivity index (χ1n) is 3.58. The summed E-state index contributed by atoms with van der Waals surface area (Å²) in [6.07, 6.45) is 3.18. The van der Waals surface area contributed by atoms with Crippen molar-refractivity contribution in [1.29, 1.82) is 0 Å². The number of hydrogen-bond donors (Lipinski definition) is 1. The van der Waals surface area contributed by atoms with E-state index in [-0.39, 0.29) is 17.8 Å². The van der Waals surface area contributed by atoms with Crippen LogP contribution in [0.2, 0.25) is 0 Å². The van der Waals surface area contributed by atoms with Crippen molar-refractivity contribution in [3.8, 4) is 0 Å². The van der Waals surface area contributed by atoms with Crippen molar-refractivity contribution >= 4 is 0 Å². The molecule has 1 saturated carbocycles. The van der Waals surface area contributed by atoms with Gasteiger partial charge in [0.25, 0.3) is 0 Å². The number of epoxide rings is 1. The lowest BCUT2D eigenvalue weighted by Crippen LogP contribution is -2.27. The molecule has 1 N–H and O–H groups in total. The molecular weight excluding hydrogens is 116 g/mol. The molecule has 0 aromatic rings. The van der Waals surface area contributed by atoms with Crippen LogP contribution in [0.4, 0.5) is 0 Å². The summed E-state index contributed by atoms with van der Waals surface area (Å²) in [5, 5.41) is 9.26. The van der Waals surface area contributed by atoms with Crippen LogP contribution < -0.4 is 0 Å². The number of aliphatic hydroxyl groups is 1. The topological polar surface area (TPSA) is 32.8 Å². The highest BCUT2D eigenvalue weighted by Crippen LogP contribution is 2.47. The average Bonchev–Trinajstić information content (AvgIpc) is 2.43. The second-order valence-corrected chi connectivity index (χ2v) is 3.31. The van der Waals surface area contributed by atoms with Gasteiger partial charge in [-0.05, 0) is 26.2 Å². The van der Waals surface area contributed by atoms with Crippen LogP contribution in [-0.4, -0.2) is 22.9 Å². The van der Waals surface area contributed by atoms with Gasteiger partial charge < -0.3 is 9.84 Å². The van der Waals surface area contributed by atoms with Crippen LogP contribution in [0.1, 0.15) is 26.2 Å². The Morgan fingerprint density at radius 3 is 3.00 bits per heavy atom. The van der Waals surface area contributed by atoms with Crippen molar-refractivity contribution in [2.24, 2.45) is 0 Å². The molecule has 0 spiro atoms. The van der Waals surface area contributed by atoms with E-state index in [1.54, 1.807) is 0 Å². The lowest BCUT2D eigenvalue weighted by Gasteiger charge is -2.16. The highest BCUT2D eigenvalue weighted by atomic mass is 16.6. The van der Waals surface area contributed by atoms with E-state index >= 15 is 0 Å². The summed E-state index contributed by atoms with van der Waals surface area (Å²) in [5.74, 6) is 0. The Kier molecular flexibility index (Phi) is 0.945. The van der Waals surface area contributed by atoms with Crippen molar-refractivity contribution < 1.29 is 9.84 Å². The molecule has 1 aliphatic heterocycles. The molecule has 2 nitrogen and oxygen atoms in total. The maximum Gasteiger partial charge on any atom is 0.113 e. The molecule has 1 saturated heterocycles. The van der Waals surface area contributed by atoms with Crippen LogP contribution in [0, 0.1) is 0 Å². The molecule has 1 heterocycles. The maximum absolute atomic E-state index is 9.26. The third kappa shape index (κ3) is 0.700. The molecule has 2 heteroatoms. The highest BCUT2D eigenvalue weighted by Gasteiger charge is 2.57. The van der Waals surface area contributed by atoms with Crippen LogP contribution >= 0.6 is 0 Å². The molecule has 0 unspecified atom stereocenters. The van der Waals surface area contributed by atoms with Gasteiger partial charge in [0.05, 0.1) is 11.7 Å². The molecule has 2 aliphatic rings. The normalized spacial score (nSPS) is 56.7. The van der Waals surface area contributed by atoms with Crippen molar-refractivity contribution in [3.05, 3.63) is 0 Å². The molecule has 0 amide bonds. The molecule has 0 aromatic heterocycles. The molecule has 0 aromatic carbocycles. The zero-order valence-corrected chi connectivity index (χ0v) is 5.63.